The standard InChI is InChI=1S/C15H24O.2ClH.W/c1-10-8-11(14(2,3)4)13(16)12(9-10)15(5,6)7;;;/h8-9,16H,1-7H3;2*1H;/q;;;+2/p-2. The van der Waals surface area contributed by atoms with Gasteiger partial charge in [0.1, 0.15) is 5.75 Å². The normalized spacial score (nSPS) is 11.8. The molecule has 0 aliphatic rings. The van der Waals surface area contributed by atoms with Gasteiger partial charge in [-0.25, -0.2) is 0 Å². The monoisotopic (exact) mass is 474 g/mol. The van der Waals surface area contributed by atoms with Crippen molar-refractivity contribution in [3.05, 3.63) is 28.8 Å². The molecule has 19 heavy (non-hydrogen) atoms. The number of hydrogen-bond donors (Lipinski definition) is 1. The van der Waals surface area contributed by atoms with Crippen LogP contribution in [-0.2, 0) is 27.3 Å². The fourth-order valence-electron chi connectivity index (χ4n) is 1.92. The minimum absolute atomic E-state index is 0.0178. The molecule has 0 aliphatic carbocycles. The van der Waals surface area contributed by atoms with Crippen LogP contribution in [0.3, 0.4) is 0 Å². The molecule has 0 unspecified atom stereocenters. The molecule has 0 fully saturated rings. The van der Waals surface area contributed by atoms with Crippen LogP contribution in [0.1, 0.15) is 58.2 Å². The van der Waals surface area contributed by atoms with Crippen LogP contribution in [0, 0.1) is 6.92 Å². The van der Waals surface area contributed by atoms with Crippen molar-refractivity contribution in [1.82, 2.24) is 0 Å². The van der Waals surface area contributed by atoms with Gasteiger partial charge in [-0.2, -0.15) is 0 Å². The number of hydrogen-bond acceptors (Lipinski definition) is 1. The number of phenols is 1. The van der Waals surface area contributed by atoms with E-state index in [1.54, 1.807) is 0 Å². The summed E-state index contributed by atoms with van der Waals surface area (Å²) >= 11 is -0.806. The Morgan fingerprint density at radius 1 is 0.895 bits per heavy atom. The van der Waals surface area contributed by atoms with Crippen molar-refractivity contribution in [2.24, 2.45) is 0 Å². The van der Waals surface area contributed by atoms with E-state index in [0.717, 1.165) is 11.1 Å². The van der Waals surface area contributed by atoms with Crippen molar-refractivity contribution in [2.75, 3.05) is 0 Å². The maximum absolute atomic E-state index is 10.4. The van der Waals surface area contributed by atoms with E-state index in [1.165, 1.54) is 5.56 Å². The number of benzene rings is 1. The fourth-order valence-corrected chi connectivity index (χ4v) is 1.92. The van der Waals surface area contributed by atoms with Crippen LogP contribution in [0.5, 0.6) is 5.75 Å². The van der Waals surface area contributed by atoms with Gasteiger partial charge in [-0.05, 0) is 28.9 Å². The summed E-state index contributed by atoms with van der Waals surface area (Å²) < 4.78 is 0. The Kier molecular flexibility index (Phi) is 7.45. The van der Waals surface area contributed by atoms with Crippen LogP contribution >= 0.6 is 18.8 Å². The number of aromatic hydroxyl groups is 1. The molecule has 0 saturated heterocycles. The zero-order valence-electron chi connectivity index (χ0n) is 12.8. The molecule has 0 bridgehead atoms. The maximum atomic E-state index is 10.4. The quantitative estimate of drug-likeness (QED) is 0.513. The fraction of sp³-hybridized carbons (Fsp3) is 0.600. The molecule has 1 aromatic rings. The summed E-state index contributed by atoms with van der Waals surface area (Å²) in [7, 11) is 9.86. The summed E-state index contributed by atoms with van der Waals surface area (Å²) in [6.45, 7) is 14.9. The van der Waals surface area contributed by atoms with E-state index in [9.17, 15) is 5.11 Å². The predicted molar refractivity (Wildman–Crippen MR) is 81.9 cm³/mol. The average Bonchev–Trinajstić information content (AvgIpc) is 2.19. The van der Waals surface area contributed by atoms with Gasteiger partial charge in [-0.3, -0.25) is 0 Å². The van der Waals surface area contributed by atoms with Crippen molar-refractivity contribution in [3.8, 4) is 5.75 Å². The van der Waals surface area contributed by atoms with Crippen molar-refractivity contribution in [3.63, 3.8) is 0 Å². The second-order valence-corrected chi connectivity index (χ2v) is 11.0. The van der Waals surface area contributed by atoms with Crippen LogP contribution < -0.4 is 0 Å². The van der Waals surface area contributed by atoms with Gasteiger partial charge in [0.05, 0.1) is 0 Å². The zero-order valence-corrected chi connectivity index (χ0v) is 17.2. The number of aryl methyl sites for hydroxylation is 1. The molecule has 0 saturated carbocycles. The Balaban J connectivity index is 0.000000982. The van der Waals surface area contributed by atoms with E-state index >= 15 is 0 Å². The molecule has 0 heterocycles. The van der Waals surface area contributed by atoms with E-state index in [1.807, 2.05) is 0 Å². The molecule has 1 aromatic carbocycles. The van der Waals surface area contributed by atoms with Crippen molar-refractivity contribution >= 4 is 18.8 Å². The summed E-state index contributed by atoms with van der Waals surface area (Å²) in [6.07, 6.45) is 0. The summed E-state index contributed by atoms with van der Waals surface area (Å²) in [5.41, 5.74) is 3.26. The number of phenolic OH excluding ortho intramolecular Hbond substituents is 1. The number of rotatable bonds is 0. The van der Waals surface area contributed by atoms with Gasteiger partial charge < -0.3 is 5.11 Å². The van der Waals surface area contributed by atoms with Crippen LogP contribution in [0.25, 0.3) is 0 Å². The Morgan fingerprint density at radius 3 is 1.37 bits per heavy atom. The number of halogens is 2. The van der Waals surface area contributed by atoms with Gasteiger partial charge >= 0.3 is 35.3 Å². The first-order chi connectivity index (χ1) is 8.45. The first kappa shape index (κ1) is 19.3. The molecule has 0 radical (unpaired) electrons. The molecule has 1 rings (SSSR count). The van der Waals surface area contributed by atoms with Crippen molar-refractivity contribution < 1.29 is 21.6 Å². The van der Waals surface area contributed by atoms with Gasteiger partial charge in [0.25, 0.3) is 0 Å². The molecule has 110 valence electrons. The van der Waals surface area contributed by atoms with E-state index in [-0.39, 0.29) is 10.8 Å². The zero-order chi connectivity index (χ0) is 15.4. The predicted octanol–water partition coefficient (Wildman–Crippen LogP) is 5.67. The summed E-state index contributed by atoms with van der Waals surface area (Å²) in [5.74, 6) is 0.464. The van der Waals surface area contributed by atoms with Gasteiger partial charge in [0.2, 0.25) is 0 Å². The van der Waals surface area contributed by atoms with Crippen molar-refractivity contribution in [2.45, 2.75) is 59.3 Å². The molecule has 1 nitrogen and oxygen atoms in total. The Morgan fingerprint density at radius 2 is 1.16 bits per heavy atom. The van der Waals surface area contributed by atoms with E-state index in [2.05, 4.69) is 60.6 Å². The summed E-state index contributed by atoms with van der Waals surface area (Å²) in [6, 6.07) is 4.18. The first-order valence-electron chi connectivity index (χ1n) is 6.19. The third-order valence-electron chi connectivity index (χ3n) is 2.87. The molecule has 0 aliphatic heterocycles. The van der Waals surface area contributed by atoms with E-state index < -0.39 is 16.5 Å². The summed E-state index contributed by atoms with van der Waals surface area (Å²) in [5, 5.41) is 10.4. The Labute approximate surface area is 134 Å². The molecule has 0 aromatic heterocycles. The van der Waals surface area contributed by atoms with E-state index in [0.29, 0.717) is 5.75 Å². The Hall–Kier alpha value is 0.288. The van der Waals surface area contributed by atoms with Gasteiger partial charge in [0, 0.05) is 0 Å². The molecule has 0 spiro atoms. The third kappa shape index (κ3) is 6.06. The molecular weight excluding hydrogens is 451 g/mol. The SMILES string of the molecule is Cc1cc(C(C)(C)C)c(O)c(C(C)(C)C)c1.[Cl][W][Cl]. The Bertz CT molecular complexity index is 382. The van der Waals surface area contributed by atoms with Crippen LogP contribution in [0.15, 0.2) is 12.1 Å². The minimum atomic E-state index is -0.806. The van der Waals surface area contributed by atoms with Crippen LogP contribution in [0.2, 0.25) is 0 Å². The van der Waals surface area contributed by atoms with Crippen LogP contribution in [-0.4, -0.2) is 5.11 Å². The van der Waals surface area contributed by atoms with Crippen molar-refractivity contribution in [1.29, 1.82) is 0 Å². The molecule has 0 amide bonds. The molecule has 4 heteroatoms. The first-order valence-corrected chi connectivity index (χ1v) is 13.5. The second kappa shape index (κ2) is 7.34. The topological polar surface area (TPSA) is 20.2 Å². The van der Waals surface area contributed by atoms with Gasteiger partial charge in [-0.1, -0.05) is 59.2 Å². The van der Waals surface area contributed by atoms with Gasteiger partial charge in [-0.15, -0.1) is 0 Å². The average molecular weight is 475 g/mol. The molecular formula is C15H24Cl2OW. The second-order valence-electron chi connectivity index (χ2n) is 6.77. The van der Waals surface area contributed by atoms with E-state index in [4.69, 9.17) is 18.8 Å². The molecule has 1 N–H and O–H groups in total. The summed E-state index contributed by atoms with van der Waals surface area (Å²) in [4.78, 5) is 0. The van der Waals surface area contributed by atoms with Crippen LogP contribution in [0.4, 0.5) is 0 Å². The third-order valence-corrected chi connectivity index (χ3v) is 2.87. The molecule has 0 atom stereocenters. The van der Waals surface area contributed by atoms with Gasteiger partial charge in [0.15, 0.2) is 0 Å².